The van der Waals surface area contributed by atoms with Crippen LogP contribution in [0, 0.1) is 6.92 Å². The van der Waals surface area contributed by atoms with Crippen molar-refractivity contribution in [2.75, 3.05) is 6.61 Å². The largest absolute Gasteiger partial charge is 0.393 e. The minimum atomic E-state index is -0.326. The Hall–Kier alpha value is -0.870. The van der Waals surface area contributed by atoms with Gasteiger partial charge in [0.1, 0.15) is 0 Å². The lowest BCUT2D eigenvalue weighted by Crippen LogP contribution is -2.26. The van der Waals surface area contributed by atoms with E-state index in [0.717, 1.165) is 37.3 Å². The predicted octanol–water partition coefficient (Wildman–Crippen LogP) is 1.59. The first-order chi connectivity index (χ1) is 8.15. The van der Waals surface area contributed by atoms with E-state index in [4.69, 9.17) is 4.74 Å². The van der Waals surface area contributed by atoms with Gasteiger partial charge in [0.2, 0.25) is 0 Å². The molecule has 96 valence electrons. The van der Waals surface area contributed by atoms with E-state index in [1.165, 1.54) is 6.42 Å². The summed E-state index contributed by atoms with van der Waals surface area (Å²) in [4.78, 5) is 0. The van der Waals surface area contributed by atoms with Crippen LogP contribution < -0.4 is 0 Å². The van der Waals surface area contributed by atoms with Crippen molar-refractivity contribution in [2.24, 2.45) is 7.05 Å². The Morgan fingerprint density at radius 2 is 2.41 bits per heavy atom. The van der Waals surface area contributed by atoms with Crippen LogP contribution in [0.2, 0.25) is 0 Å². The summed E-state index contributed by atoms with van der Waals surface area (Å²) >= 11 is 0. The second kappa shape index (κ2) is 5.65. The summed E-state index contributed by atoms with van der Waals surface area (Å²) in [5, 5.41) is 14.4. The summed E-state index contributed by atoms with van der Waals surface area (Å²) in [5.74, 6) is 0. The zero-order valence-corrected chi connectivity index (χ0v) is 10.7. The van der Waals surface area contributed by atoms with E-state index in [1.807, 2.05) is 24.7 Å². The maximum atomic E-state index is 10.1. The zero-order chi connectivity index (χ0) is 12.3. The Bertz CT molecular complexity index is 356. The van der Waals surface area contributed by atoms with E-state index < -0.39 is 0 Å². The molecule has 1 N–H and O–H groups in total. The van der Waals surface area contributed by atoms with Crippen LogP contribution in [0.15, 0.2) is 6.07 Å². The van der Waals surface area contributed by atoms with Crippen LogP contribution in [0.4, 0.5) is 0 Å². The lowest BCUT2D eigenvalue weighted by atomic mass is 10.0. The van der Waals surface area contributed by atoms with Crippen molar-refractivity contribution >= 4 is 0 Å². The summed E-state index contributed by atoms with van der Waals surface area (Å²) in [6.07, 6.45) is 4.79. The minimum Gasteiger partial charge on any atom is -0.393 e. The topological polar surface area (TPSA) is 47.3 Å². The highest BCUT2D eigenvalue weighted by atomic mass is 16.5. The van der Waals surface area contributed by atoms with Crippen molar-refractivity contribution < 1.29 is 9.84 Å². The highest BCUT2D eigenvalue weighted by Crippen LogP contribution is 2.18. The quantitative estimate of drug-likeness (QED) is 0.866. The van der Waals surface area contributed by atoms with Crippen LogP contribution in [0.5, 0.6) is 0 Å². The average Bonchev–Trinajstić information content (AvgIpc) is 2.58. The molecular weight excluding hydrogens is 216 g/mol. The molecule has 2 atom stereocenters. The van der Waals surface area contributed by atoms with Crippen molar-refractivity contribution in [3.63, 3.8) is 0 Å². The lowest BCUT2D eigenvalue weighted by molar-refractivity contribution is -0.0150. The lowest BCUT2D eigenvalue weighted by Gasteiger charge is -2.24. The monoisotopic (exact) mass is 238 g/mol. The fourth-order valence-corrected chi connectivity index (χ4v) is 2.48. The van der Waals surface area contributed by atoms with Crippen molar-refractivity contribution in [3.05, 3.63) is 17.5 Å². The van der Waals surface area contributed by atoms with E-state index in [-0.39, 0.29) is 12.2 Å². The molecule has 2 rings (SSSR count). The molecule has 1 aromatic heterocycles. The number of hydrogen-bond donors (Lipinski definition) is 1. The first kappa shape index (κ1) is 12.6. The molecule has 1 aliphatic rings. The number of aliphatic hydroxyl groups is 1. The zero-order valence-electron chi connectivity index (χ0n) is 10.7. The van der Waals surface area contributed by atoms with Gasteiger partial charge in [-0.15, -0.1) is 0 Å². The summed E-state index contributed by atoms with van der Waals surface area (Å²) in [5.41, 5.74) is 2.09. The van der Waals surface area contributed by atoms with Gasteiger partial charge < -0.3 is 9.84 Å². The standard InChI is InChI=1S/C13H22N2O2/c1-10-7-11(15(2)14-10)8-12(16)9-13-5-3-4-6-17-13/h7,12-13,16H,3-6,8-9H2,1-2H3. The number of ether oxygens (including phenoxy) is 1. The van der Waals surface area contributed by atoms with Gasteiger partial charge in [-0.25, -0.2) is 0 Å². The van der Waals surface area contributed by atoms with Gasteiger partial charge in [0.05, 0.1) is 17.9 Å². The Morgan fingerprint density at radius 1 is 1.59 bits per heavy atom. The SMILES string of the molecule is Cc1cc(CC(O)CC2CCCCO2)n(C)n1. The smallest absolute Gasteiger partial charge is 0.0620 e. The molecule has 2 heterocycles. The van der Waals surface area contributed by atoms with Gasteiger partial charge >= 0.3 is 0 Å². The van der Waals surface area contributed by atoms with Gasteiger partial charge in [0.25, 0.3) is 0 Å². The van der Waals surface area contributed by atoms with Crippen LogP contribution in [-0.4, -0.2) is 33.7 Å². The van der Waals surface area contributed by atoms with E-state index in [2.05, 4.69) is 5.10 Å². The molecule has 0 aromatic carbocycles. The van der Waals surface area contributed by atoms with Crippen LogP contribution in [-0.2, 0) is 18.2 Å². The Morgan fingerprint density at radius 3 is 3.00 bits per heavy atom. The first-order valence-electron chi connectivity index (χ1n) is 6.44. The van der Waals surface area contributed by atoms with Gasteiger partial charge in [-0.05, 0) is 38.7 Å². The molecule has 0 bridgehead atoms. The molecule has 1 saturated heterocycles. The molecule has 1 aliphatic heterocycles. The summed E-state index contributed by atoms with van der Waals surface area (Å²) in [6.45, 7) is 2.82. The molecule has 1 aromatic rings. The molecule has 0 saturated carbocycles. The van der Waals surface area contributed by atoms with Crippen molar-refractivity contribution in [3.8, 4) is 0 Å². The predicted molar refractivity (Wildman–Crippen MR) is 65.9 cm³/mol. The van der Waals surface area contributed by atoms with Crippen molar-refractivity contribution in [1.29, 1.82) is 0 Å². The average molecular weight is 238 g/mol. The summed E-state index contributed by atoms with van der Waals surface area (Å²) in [7, 11) is 1.92. The van der Waals surface area contributed by atoms with Gasteiger partial charge in [-0.3, -0.25) is 4.68 Å². The first-order valence-corrected chi connectivity index (χ1v) is 6.44. The maximum Gasteiger partial charge on any atom is 0.0620 e. The fraction of sp³-hybridized carbons (Fsp3) is 0.769. The molecule has 0 radical (unpaired) electrons. The molecule has 0 spiro atoms. The maximum absolute atomic E-state index is 10.1. The number of aromatic nitrogens is 2. The second-order valence-corrected chi connectivity index (χ2v) is 4.98. The van der Waals surface area contributed by atoms with Crippen LogP contribution in [0.1, 0.15) is 37.1 Å². The highest BCUT2D eigenvalue weighted by molar-refractivity contribution is 5.09. The van der Waals surface area contributed by atoms with Crippen LogP contribution in [0.3, 0.4) is 0 Å². The molecule has 1 fully saturated rings. The van der Waals surface area contributed by atoms with Gasteiger partial charge in [-0.1, -0.05) is 0 Å². The molecule has 4 heteroatoms. The number of hydrogen-bond acceptors (Lipinski definition) is 3. The third kappa shape index (κ3) is 3.54. The number of aliphatic hydroxyl groups excluding tert-OH is 1. The molecule has 0 aliphatic carbocycles. The van der Waals surface area contributed by atoms with Crippen molar-refractivity contribution in [2.45, 2.75) is 51.2 Å². The summed E-state index contributed by atoms with van der Waals surface area (Å²) in [6, 6.07) is 2.03. The Balaban J connectivity index is 1.83. The molecule has 17 heavy (non-hydrogen) atoms. The molecule has 2 unspecified atom stereocenters. The van der Waals surface area contributed by atoms with E-state index >= 15 is 0 Å². The van der Waals surface area contributed by atoms with Gasteiger partial charge in [0, 0.05) is 25.8 Å². The van der Waals surface area contributed by atoms with Crippen LogP contribution in [0.25, 0.3) is 0 Å². The third-order valence-electron chi connectivity index (χ3n) is 3.35. The van der Waals surface area contributed by atoms with Gasteiger partial charge in [-0.2, -0.15) is 5.10 Å². The molecular formula is C13H22N2O2. The normalized spacial score (nSPS) is 22.6. The van der Waals surface area contributed by atoms with Crippen molar-refractivity contribution in [1.82, 2.24) is 9.78 Å². The van der Waals surface area contributed by atoms with E-state index in [9.17, 15) is 5.11 Å². The van der Waals surface area contributed by atoms with E-state index in [1.54, 1.807) is 0 Å². The van der Waals surface area contributed by atoms with E-state index in [0.29, 0.717) is 6.42 Å². The Labute approximate surface area is 103 Å². The fourth-order valence-electron chi connectivity index (χ4n) is 2.48. The van der Waals surface area contributed by atoms with Crippen LogP contribution >= 0.6 is 0 Å². The number of aryl methyl sites for hydroxylation is 2. The summed E-state index contributed by atoms with van der Waals surface area (Å²) < 4.78 is 7.49. The highest BCUT2D eigenvalue weighted by Gasteiger charge is 2.19. The van der Waals surface area contributed by atoms with Gasteiger partial charge in [0.15, 0.2) is 0 Å². The molecule has 0 amide bonds. The third-order valence-corrected chi connectivity index (χ3v) is 3.35. The molecule has 4 nitrogen and oxygen atoms in total. The minimum absolute atomic E-state index is 0.244. The Kier molecular flexibility index (Phi) is 4.18. The number of rotatable bonds is 4. The number of nitrogens with zero attached hydrogens (tertiary/aromatic N) is 2. The second-order valence-electron chi connectivity index (χ2n) is 4.98.